The largest absolute Gasteiger partial charge is 0.374 e. The minimum absolute atomic E-state index is 0.00840. The maximum Gasteiger partial charge on any atom is 0.275 e. The molecule has 1 amide bonds. The molecule has 7 nitrogen and oxygen atoms in total. The van der Waals surface area contributed by atoms with Crippen LogP contribution in [0.2, 0.25) is 0 Å². The topological polar surface area (TPSA) is 76.0 Å². The van der Waals surface area contributed by atoms with Crippen LogP contribution in [-0.4, -0.2) is 50.0 Å². The van der Waals surface area contributed by atoms with Crippen LogP contribution >= 0.6 is 0 Å². The zero-order chi connectivity index (χ0) is 16.8. The summed E-state index contributed by atoms with van der Waals surface area (Å²) < 4.78 is 8.09. The molecule has 1 aliphatic heterocycles. The van der Waals surface area contributed by atoms with E-state index in [2.05, 4.69) is 15.3 Å². The molecule has 1 N–H and O–H groups in total. The van der Waals surface area contributed by atoms with Gasteiger partial charge in [-0.15, -0.1) is 0 Å². The highest BCUT2D eigenvalue weighted by molar-refractivity contribution is 5.94. The third-order valence-corrected chi connectivity index (χ3v) is 5.52. The minimum Gasteiger partial charge on any atom is -0.374 e. The van der Waals surface area contributed by atoms with Gasteiger partial charge in [0.15, 0.2) is 5.69 Å². The Kier molecular flexibility index (Phi) is 3.62. The van der Waals surface area contributed by atoms with Crippen molar-refractivity contribution in [3.8, 4) is 0 Å². The summed E-state index contributed by atoms with van der Waals surface area (Å²) in [5.74, 6) is 0.716. The number of aromatic amines is 1. The molecular weight excluding hydrogens is 318 g/mol. The molecule has 7 heteroatoms. The SMILES string of the molecule is O=C(c1n[nH]c2c1CCC2)N1Cc2ccnn2C[C@H](OCC2CC2)C1. The fourth-order valence-electron chi connectivity index (χ4n) is 3.88. The number of nitrogens with zero attached hydrogens (tertiary/aromatic N) is 4. The number of aromatic nitrogens is 4. The minimum atomic E-state index is -0.0160. The van der Waals surface area contributed by atoms with E-state index in [0.29, 0.717) is 31.2 Å². The first kappa shape index (κ1) is 15.1. The Morgan fingerprint density at radius 3 is 3.12 bits per heavy atom. The molecule has 1 saturated carbocycles. The summed E-state index contributed by atoms with van der Waals surface area (Å²) in [6.07, 6.45) is 7.36. The quantitative estimate of drug-likeness (QED) is 0.915. The van der Waals surface area contributed by atoms with E-state index in [4.69, 9.17) is 4.74 Å². The second-order valence-corrected chi connectivity index (χ2v) is 7.47. The van der Waals surface area contributed by atoms with Gasteiger partial charge in [0, 0.05) is 30.6 Å². The van der Waals surface area contributed by atoms with Crippen LogP contribution in [-0.2, 0) is 30.7 Å². The molecule has 0 unspecified atom stereocenters. The van der Waals surface area contributed by atoms with Gasteiger partial charge >= 0.3 is 0 Å². The van der Waals surface area contributed by atoms with Crippen LogP contribution in [0.1, 0.15) is 46.7 Å². The lowest BCUT2D eigenvalue weighted by atomic mass is 10.1. The molecule has 2 aliphatic carbocycles. The number of nitrogens with one attached hydrogen (secondary N) is 1. The van der Waals surface area contributed by atoms with Crippen LogP contribution in [0.5, 0.6) is 0 Å². The second-order valence-electron chi connectivity index (χ2n) is 7.47. The van der Waals surface area contributed by atoms with Gasteiger partial charge in [0.1, 0.15) is 0 Å². The van der Waals surface area contributed by atoms with Gasteiger partial charge in [-0.05, 0) is 44.1 Å². The number of ether oxygens (including phenoxy) is 1. The number of H-pyrrole nitrogens is 1. The van der Waals surface area contributed by atoms with Gasteiger partial charge in [-0.2, -0.15) is 10.2 Å². The molecule has 0 bridgehead atoms. The maximum atomic E-state index is 13.2. The van der Waals surface area contributed by atoms with E-state index in [1.54, 1.807) is 6.20 Å². The van der Waals surface area contributed by atoms with E-state index in [9.17, 15) is 4.79 Å². The molecule has 3 heterocycles. The van der Waals surface area contributed by atoms with Gasteiger partial charge in [0.05, 0.1) is 24.9 Å². The van der Waals surface area contributed by atoms with Gasteiger partial charge in [-0.1, -0.05) is 0 Å². The van der Waals surface area contributed by atoms with E-state index in [1.807, 2.05) is 15.6 Å². The first-order chi connectivity index (χ1) is 12.3. The molecule has 1 fully saturated rings. The Labute approximate surface area is 146 Å². The average Bonchev–Trinajstić information content (AvgIpc) is 2.99. The number of amides is 1. The third kappa shape index (κ3) is 2.86. The van der Waals surface area contributed by atoms with E-state index < -0.39 is 0 Å². The van der Waals surface area contributed by atoms with Crippen LogP contribution in [0.15, 0.2) is 12.3 Å². The van der Waals surface area contributed by atoms with Gasteiger partial charge in [0.25, 0.3) is 5.91 Å². The van der Waals surface area contributed by atoms with Crippen molar-refractivity contribution in [2.75, 3.05) is 13.2 Å². The van der Waals surface area contributed by atoms with Crippen molar-refractivity contribution in [3.05, 3.63) is 34.9 Å². The molecule has 0 spiro atoms. The third-order valence-electron chi connectivity index (χ3n) is 5.52. The van der Waals surface area contributed by atoms with E-state index in [-0.39, 0.29) is 12.0 Å². The van der Waals surface area contributed by atoms with Crippen molar-refractivity contribution in [1.82, 2.24) is 24.9 Å². The molecule has 0 saturated heterocycles. The zero-order valence-electron chi connectivity index (χ0n) is 14.3. The molecule has 132 valence electrons. The lowest BCUT2D eigenvalue weighted by molar-refractivity contribution is 0.0135. The van der Waals surface area contributed by atoms with Gasteiger partial charge < -0.3 is 9.64 Å². The molecule has 2 aromatic heterocycles. The predicted molar refractivity (Wildman–Crippen MR) is 90.0 cm³/mol. The normalized spacial score (nSPS) is 22.6. The molecule has 25 heavy (non-hydrogen) atoms. The van der Waals surface area contributed by atoms with Crippen molar-refractivity contribution >= 4 is 5.91 Å². The van der Waals surface area contributed by atoms with Crippen molar-refractivity contribution in [2.24, 2.45) is 5.92 Å². The monoisotopic (exact) mass is 341 g/mol. The fourth-order valence-corrected chi connectivity index (χ4v) is 3.88. The molecule has 0 radical (unpaired) electrons. The number of carbonyl (C=O) groups is 1. The van der Waals surface area contributed by atoms with Gasteiger partial charge in [-0.25, -0.2) is 0 Å². The Bertz CT molecular complexity index is 791. The first-order valence-electron chi connectivity index (χ1n) is 9.25. The Balaban J connectivity index is 1.39. The molecular formula is C18H23N5O2. The van der Waals surface area contributed by atoms with Gasteiger partial charge in [-0.3, -0.25) is 14.6 Å². The maximum absolute atomic E-state index is 13.2. The highest BCUT2D eigenvalue weighted by Gasteiger charge is 2.32. The fraction of sp³-hybridized carbons (Fsp3) is 0.611. The molecule has 5 rings (SSSR count). The average molecular weight is 341 g/mol. The van der Waals surface area contributed by atoms with Crippen LogP contribution in [0.4, 0.5) is 0 Å². The summed E-state index contributed by atoms with van der Waals surface area (Å²) in [6.45, 7) is 2.65. The molecule has 2 aromatic rings. The van der Waals surface area contributed by atoms with E-state index in [0.717, 1.165) is 42.8 Å². The second kappa shape index (κ2) is 5.98. The lowest BCUT2D eigenvalue weighted by Crippen LogP contribution is -2.38. The highest BCUT2D eigenvalue weighted by Crippen LogP contribution is 2.30. The summed E-state index contributed by atoms with van der Waals surface area (Å²) in [4.78, 5) is 15.0. The summed E-state index contributed by atoms with van der Waals surface area (Å²) in [5.41, 5.74) is 3.89. The van der Waals surface area contributed by atoms with Crippen LogP contribution in [0.25, 0.3) is 0 Å². The summed E-state index contributed by atoms with van der Waals surface area (Å²) in [5, 5.41) is 11.8. The number of aryl methyl sites for hydroxylation is 1. The zero-order valence-corrected chi connectivity index (χ0v) is 14.3. The summed E-state index contributed by atoms with van der Waals surface area (Å²) in [7, 11) is 0. The standard InChI is InChI=1S/C18H23N5O2/c24-18(17-15-2-1-3-16(15)20-21-17)22-8-13-6-7-19-23(13)10-14(9-22)25-11-12-4-5-12/h6-7,12,14H,1-5,8-11H2,(H,20,21)/t14-/m1/s1. The predicted octanol–water partition coefficient (Wildman–Crippen LogP) is 1.55. The molecule has 3 aliphatic rings. The Morgan fingerprint density at radius 1 is 1.32 bits per heavy atom. The van der Waals surface area contributed by atoms with Crippen LogP contribution in [0.3, 0.4) is 0 Å². The Hall–Kier alpha value is -2.15. The van der Waals surface area contributed by atoms with Crippen molar-refractivity contribution < 1.29 is 9.53 Å². The molecule has 1 atom stereocenters. The molecule has 0 aromatic carbocycles. The van der Waals surface area contributed by atoms with Crippen molar-refractivity contribution in [2.45, 2.75) is 51.3 Å². The number of hydrogen-bond donors (Lipinski definition) is 1. The summed E-state index contributed by atoms with van der Waals surface area (Å²) in [6, 6.07) is 1.98. The van der Waals surface area contributed by atoms with Crippen molar-refractivity contribution in [1.29, 1.82) is 0 Å². The van der Waals surface area contributed by atoms with Crippen LogP contribution in [0, 0.1) is 5.92 Å². The van der Waals surface area contributed by atoms with Crippen LogP contribution < -0.4 is 0 Å². The Morgan fingerprint density at radius 2 is 2.24 bits per heavy atom. The lowest BCUT2D eigenvalue weighted by Gasteiger charge is -2.24. The van der Waals surface area contributed by atoms with E-state index in [1.165, 1.54) is 12.8 Å². The highest BCUT2D eigenvalue weighted by atomic mass is 16.5. The van der Waals surface area contributed by atoms with Gasteiger partial charge in [0.2, 0.25) is 0 Å². The number of carbonyl (C=O) groups excluding carboxylic acids is 1. The number of hydrogen-bond acceptors (Lipinski definition) is 4. The smallest absolute Gasteiger partial charge is 0.275 e. The summed E-state index contributed by atoms with van der Waals surface area (Å²) >= 11 is 0. The first-order valence-corrected chi connectivity index (χ1v) is 9.25. The van der Waals surface area contributed by atoms with Crippen molar-refractivity contribution in [3.63, 3.8) is 0 Å². The van der Waals surface area contributed by atoms with E-state index >= 15 is 0 Å². The number of rotatable bonds is 4. The number of fused-ring (bicyclic) bond motifs is 2.